The number of hydrogen-bond donors (Lipinski definition) is 0. The molecule has 3 aromatic carbocycles. The van der Waals surface area contributed by atoms with E-state index in [0.717, 1.165) is 27.4 Å². The fourth-order valence-corrected chi connectivity index (χ4v) is 8.01. The van der Waals surface area contributed by atoms with Crippen LogP contribution in [0.15, 0.2) is 60.7 Å². The summed E-state index contributed by atoms with van der Waals surface area (Å²) < 4.78 is 0.720. The maximum Gasteiger partial charge on any atom is 0.236 e. The van der Waals surface area contributed by atoms with Gasteiger partial charge in [0, 0.05) is 151 Å². The van der Waals surface area contributed by atoms with Gasteiger partial charge in [-0.15, -0.1) is 40.9 Å². The van der Waals surface area contributed by atoms with Crippen LogP contribution in [0.4, 0.5) is 0 Å². The predicted molar refractivity (Wildman–Crippen MR) is 242 cm³/mol. The Morgan fingerprint density at radius 2 is 0.750 bits per heavy atom. The van der Waals surface area contributed by atoms with E-state index < -0.39 is 0 Å². The van der Waals surface area contributed by atoms with Gasteiger partial charge in [-0.25, -0.2) is 0 Å². The van der Waals surface area contributed by atoms with Crippen molar-refractivity contribution in [3.63, 3.8) is 0 Å². The number of hydrogen-bond acceptors (Lipinski definition) is 0. The van der Waals surface area contributed by atoms with Crippen LogP contribution in [0, 0.1) is 204 Å². The zero-order valence-corrected chi connectivity index (χ0v) is 42.9. The van der Waals surface area contributed by atoms with Crippen LogP contribution in [-0.4, -0.2) is 15.6 Å². The second kappa shape index (κ2) is 32.5. The van der Waals surface area contributed by atoms with Gasteiger partial charge >= 0.3 is 0 Å². The summed E-state index contributed by atoms with van der Waals surface area (Å²) in [7, 11) is 8.79. The van der Waals surface area contributed by atoms with Gasteiger partial charge in [0.05, 0.1) is 0 Å². The van der Waals surface area contributed by atoms with E-state index in [1.54, 1.807) is 0 Å². The van der Waals surface area contributed by atoms with Crippen molar-refractivity contribution in [2.75, 3.05) is 0 Å². The summed E-state index contributed by atoms with van der Waals surface area (Å²) in [6.45, 7) is 28.5. The van der Waals surface area contributed by atoms with Gasteiger partial charge in [0.1, 0.15) is 0 Å². The number of aryl methyl sites for hydroxylation is 6. The fourth-order valence-electron chi connectivity index (χ4n) is 6.59. The predicted octanol–water partition coefficient (Wildman–Crippen LogP) is 14.0. The molecule has 9 heteroatoms. The molecule has 2 saturated carbocycles. The Hall–Kier alpha value is 4.78. The summed E-state index contributed by atoms with van der Waals surface area (Å²) in [6, 6.07) is 22.0. The Bertz CT molecular complexity index is 1230. The molecule has 0 radical (unpaired) electrons. The summed E-state index contributed by atoms with van der Waals surface area (Å²) in [5.41, 5.74) is 13.3. The van der Waals surface area contributed by atoms with Crippen molar-refractivity contribution >= 4 is 54.3 Å². The SMILES string of the molecule is CB(P)I.Cc1cc(C(C)(C)C)cc(C(C)(C)C)c1.Cc1cc(C)cc(C)c1.Cc1ccc(C)cc1.P[C@H]1CCC[C@H]1[C@@H]1CCC[C@@H]1P.[Ar].[Ar].[Ar].[Ar]. The average molecular weight is 978 g/mol. The molecule has 3 aromatic rings. The summed E-state index contributed by atoms with van der Waals surface area (Å²) in [6.07, 6.45) is 8.89. The first-order valence-corrected chi connectivity index (χ1v) is 21.5. The molecule has 0 N–H and O–H groups in total. The van der Waals surface area contributed by atoms with Gasteiger partial charge in [-0.05, 0) is 112 Å². The quantitative estimate of drug-likeness (QED) is 0.129. The Labute approximate surface area is 464 Å². The summed E-state index contributed by atoms with van der Waals surface area (Å²) >= 11 is 2.31. The van der Waals surface area contributed by atoms with E-state index in [4.69, 9.17) is 0 Å². The van der Waals surface area contributed by atoms with E-state index in [2.05, 4.69) is 201 Å². The van der Waals surface area contributed by atoms with E-state index in [9.17, 15) is 0 Å². The molecule has 300 valence electrons. The molecule has 0 nitrogen and oxygen atoms in total. The smallest absolute Gasteiger partial charge is 0.159 e. The van der Waals surface area contributed by atoms with Crippen LogP contribution in [0.3, 0.4) is 0 Å². The van der Waals surface area contributed by atoms with E-state index in [-0.39, 0.29) is 162 Å². The maximum absolute atomic E-state index is 3.07. The Morgan fingerprint density at radius 1 is 0.500 bits per heavy atom. The van der Waals surface area contributed by atoms with E-state index >= 15 is 0 Å². The molecule has 0 saturated heterocycles. The third-order valence-corrected chi connectivity index (χ3v) is 10.8. The van der Waals surface area contributed by atoms with Gasteiger partial charge in [-0.3, -0.25) is 0 Å². The van der Waals surface area contributed by atoms with Crippen LogP contribution in [0.5, 0.6) is 0 Å². The third kappa shape index (κ3) is 28.3. The Morgan fingerprint density at radius 3 is 0.962 bits per heavy atom. The van der Waals surface area contributed by atoms with Crippen molar-refractivity contribution in [3.8, 4) is 0 Å². The van der Waals surface area contributed by atoms with Crippen molar-refractivity contribution in [3.05, 3.63) is 105 Å². The minimum absolute atomic E-state index is 0. The molecule has 52 heavy (non-hydrogen) atoms. The molecule has 7 atom stereocenters. The number of rotatable bonds is 1. The average Bonchev–Trinajstić information content (AvgIpc) is 3.56. The van der Waals surface area contributed by atoms with Crippen LogP contribution in [0.1, 0.15) is 125 Å². The van der Waals surface area contributed by atoms with Gasteiger partial charge in [-0.2, -0.15) is 9.12 Å². The zero-order chi connectivity index (χ0) is 36.8. The summed E-state index contributed by atoms with van der Waals surface area (Å²) in [4.78, 5) is 0. The molecule has 5 rings (SSSR count). The molecular formula is C43H71Ar4BIP3. The minimum Gasteiger partial charge on any atom is -0.159 e. The number of halogens is 1. The molecule has 2 fully saturated rings. The van der Waals surface area contributed by atoms with E-state index in [0.29, 0.717) is 0 Å². The summed E-state index contributed by atoms with van der Waals surface area (Å²) in [5.74, 6) is 2.08. The van der Waals surface area contributed by atoms with Crippen LogP contribution < -0.4 is 0 Å². The standard InChI is InChI=1S/C15H24.C10H20P2.C9H12.C8H10.CH5BIP.4Ar/c1-11-8-12(14(2,3)4)10-13(9-11)15(5,6)7;11-9-5-1-3-7(9)8-4-2-6-10(8)12;1-7-4-8(2)6-9(3)5-7;1-7-3-5-8(2)6-4-7;1-2(3)4;;;;/h8-10H,1-7H3;7-10H,1-6,11-12H2;4-6H,1-3H3;3-6H,1-2H3;4H2,1H3;;;;/t;7-,8-,9-,10-;;;;;;;/m.0......./s1. The van der Waals surface area contributed by atoms with Crippen LogP contribution in [-0.2, 0) is 10.8 Å². The molecule has 2 aliphatic carbocycles. The molecular weight excluding hydrogens is 907 g/mol. The monoisotopic (exact) mass is 978 g/mol. The molecule has 0 aliphatic heterocycles. The maximum atomic E-state index is 3.07. The van der Waals surface area contributed by atoms with Gasteiger partial charge in [0.2, 0.25) is 4.29 Å². The Balaban J connectivity index is -0.000000284. The Kier molecular flexibility index (Phi) is 39.6. The van der Waals surface area contributed by atoms with Gasteiger partial charge in [0.15, 0.2) is 0 Å². The first-order chi connectivity index (χ1) is 22.1. The van der Waals surface area contributed by atoms with Crippen molar-refractivity contribution in [2.45, 2.75) is 151 Å². The zero-order valence-electron chi connectivity index (χ0n) is 34.4. The third-order valence-electron chi connectivity index (χ3n) is 9.19. The molecule has 0 spiro atoms. The molecule has 3 unspecified atom stereocenters. The number of benzene rings is 3. The normalized spacial score (nSPS) is 18.6. The van der Waals surface area contributed by atoms with Crippen molar-refractivity contribution < 1.29 is 151 Å². The van der Waals surface area contributed by atoms with Crippen LogP contribution in [0.25, 0.3) is 0 Å². The van der Waals surface area contributed by atoms with Crippen molar-refractivity contribution in [1.29, 1.82) is 0 Å². The first-order valence-electron chi connectivity index (χ1n) is 18.2. The van der Waals surface area contributed by atoms with E-state index in [1.807, 2.05) is 0 Å². The first kappa shape index (κ1) is 63.4. The second-order valence-corrected chi connectivity index (χ2v) is 22.6. The van der Waals surface area contributed by atoms with Gasteiger partial charge in [0.25, 0.3) is 0 Å². The van der Waals surface area contributed by atoms with Gasteiger partial charge in [-0.1, -0.05) is 155 Å². The summed E-state index contributed by atoms with van der Waals surface area (Å²) in [5, 5.41) is 0. The molecule has 2 aliphatic rings. The topological polar surface area (TPSA) is 0 Å². The minimum atomic E-state index is 0. The van der Waals surface area contributed by atoms with Crippen molar-refractivity contribution in [2.24, 2.45) is 11.8 Å². The molecule has 0 aromatic heterocycles. The molecule has 0 heterocycles. The molecule has 0 amide bonds. The van der Waals surface area contributed by atoms with Crippen LogP contribution >= 0.6 is 50.0 Å². The molecule has 0 bridgehead atoms. The van der Waals surface area contributed by atoms with Gasteiger partial charge < -0.3 is 0 Å². The van der Waals surface area contributed by atoms with E-state index in [1.165, 1.54) is 83.0 Å². The van der Waals surface area contributed by atoms with Crippen molar-refractivity contribution in [1.82, 2.24) is 0 Å². The largest absolute Gasteiger partial charge is 0.236 e. The fraction of sp³-hybridized carbons (Fsp3) is 0.581. The van der Waals surface area contributed by atoms with Crippen LogP contribution in [0.2, 0.25) is 6.82 Å². The second-order valence-electron chi connectivity index (χ2n) is 16.6.